The van der Waals surface area contributed by atoms with E-state index in [-0.39, 0.29) is 45.6 Å². The second-order valence-corrected chi connectivity index (χ2v) is 13.9. The zero-order valence-electron chi connectivity index (χ0n) is 23.8. The number of hydrogen-bond donors (Lipinski definition) is 1. The first-order chi connectivity index (χ1) is 20.1. The monoisotopic (exact) mass is 589 g/mol. The predicted octanol–water partition coefficient (Wildman–Crippen LogP) is 6.28. The van der Waals surface area contributed by atoms with Gasteiger partial charge in [-0.15, -0.1) is 0 Å². The molecule has 3 aromatic rings. The third kappa shape index (κ3) is 4.07. The van der Waals surface area contributed by atoms with Crippen molar-refractivity contribution in [2.45, 2.75) is 76.3 Å². The van der Waals surface area contributed by atoms with E-state index in [0.29, 0.717) is 37.2 Å². The van der Waals surface area contributed by atoms with E-state index in [4.69, 9.17) is 13.6 Å². The number of carbonyl (C=O) groups excluding carboxylic acids is 3. The summed E-state index contributed by atoms with van der Waals surface area (Å²) in [5.74, 6) is 0.360. The van der Waals surface area contributed by atoms with E-state index in [0.717, 1.165) is 42.1 Å². The number of ketones is 1. The Labute approximate surface area is 248 Å². The topological polar surface area (TPSA) is 120 Å². The van der Waals surface area contributed by atoms with Crippen LogP contribution >= 0.6 is 11.8 Å². The number of fused-ring (bicyclic) bond motifs is 6. The minimum Gasteiger partial charge on any atom is -0.457 e. The molecule has 0 saturated heterocycles. The standard InChI is InChI=1S/C33H35NO7S/c1-31-13-11-20(35)16-19(31)9-10-21-22-12-14-33(32(22,2)17-24(36)28(21)31,41-29(37)26-8-5-15-39-26)30(38)42-18-27-34-23-6-3-4-7-25(23)40-27/h3-8,15-16,21-22,24,28,36H,9-14,17-18H2,1-2H3/t21?,22?,24-,28?,31?,32?,33-/m0/s1. The maximum absolute atomic E-state index is 14.4. The number of aromatic nitrogens is 1. The molecule has 2 heterocycles. The number of benzene rings is 1. The number of aliphatic hydroxyl groups is 1. The van der Waals surface area contributed by atoms with Gasteiger partial charge in [0.2, 0.25) is 16.8 Å². The fraction of sp³-hybridized carbons (Fsp3) is 0.515. The average molecular weight is 590 g/mol. The number of oxazole rings is 1. The van der Waals surface area contributed by atoms with Crippen LogP contribution in [0.2, 0.25) is 0 Å². The van der Waals surface area contributed by atoms with Crippen molar-refractivity contribution in [2.24, 2.45) is 28.6 Å². The van der Waals surface area contributed by atoms with E-state index in [1.165, 1.54) is 12.3 Å². The summed E-state index contributed by atoms with van der Waals surface area (Å²) in [4.78, 5) is 44.6. The second-order valence-electron chi connectivity index (χ2n) is 13.0. The molecular formula is C33H35NO7S. The van der Waals surface area contributed by atoms with E-state index in [1.54, 1.807) is 6.07 Å². The van der Waals surface area contributed by atoms with Crippen molar-refractivity contribution in [3.05, 3.63) is 66.0 Å². The molecule has 4 aliphatic rings. The first kappa shape index (κ1) is 27.7. The molecule has 7 rings (SSSR count). The molecule has 0 aliphatic heterocycles. The number of rotatable bonds is 5. The maximum atomic E-state index is 14.4. The van der Waals surface area contributed by atoms with Gasteiger partial charge in [-0.05, 0) is 92.0 Å². The Hall–Kier alpha value is -3.17. The van der Waals surface area contributed by atoms with Gasteiger partial charge in [0.05, 0.1) is 18.1 Å². The lowest BCUT2D eigenvalue weighted by molar-refractivity contribution is -0.176. The summed E-state index contributed by atoms with van der Waals surface area (Å²) in [6, 6.07) is 10.6. The summed E-state index contributed by atoms with van der Waals surface area (Å²) in [5.41, 5.74) is 0.0305. The van der Waals surface area contributed by atoms with Gasteiger partial charge in [-0.25, -0.2) is 9.78 Å². The molecule has 8 nitrogen and oxygen atoms in total. The predicted molar refractivity (Wildman–Crippen MR) is 155 cm³/mol. The molecule has 2 aromatic heterocycles. The van der Waals surface area contributed by atoms with Gasteiger partial charge >= 0.3 is 5.97 Å². The normalized spacial score (nSPS) is 35.7. The lowest BCUT2D eigenvalue weighted by Crippen LogP contribution is -2.62. The molecule has 220 valence electrons. The van der Waals surface area contributed by atoms with Gasteiger partial charge in [0.15, 0.2) is 17.0 Å². The zero-order valence-corrected chi connectivity index (χ0v) is 24.7. The van der Waals surface area contributed by atoms with E-state index in [1.807, 2.05) is 37.3 Å². The summed E-state index contributed by atoms with van der Waals surface area (Å²) in [6.07, 6.45) is 6.80. The van der Waals surface area contributed by atoms with Crippen molar-refractivity contribution >= 4 is 39.7 Å². The number of nitrogens with zero attached hydrogens (tertiary/aromatic N) is 1. The van der Waals surface area contributed by atoms with E-state index >= 15 is 0 Å². The number of carbonyl (C=O) groups is 3. The Bertz CT molecular complexity index is 1560. The van der Waals surface area contributed by atoms with E-state index < -0.39 is 23.1 Å². The Balaban J connectivity index is 1.22. The first-order valence-electron chi connectivity index (χ1n) is 14.9. The maximum Gasteiger partial charge on any atom is 0.375 e. The number of thioether (sulfide) groups is 1. The van der Waals surface area contributed by atoms with Gasteiger partial charge in [-0.2, -0.15) is 0 Å². The van der Waals surface area contributed by atoms with Crippen molar-refractivity contribution in [3.8, 4) is 0 Å². The van der Waals surface area contributed by atoms with Gasteiger partial charge < -0.3 is 18.7 Å². The van der Waals surface area contributed by atoms with Crippen molar-refractivity contribution < 1.29 is 33.1 Å². The number of hydrogen-bond acceptors (Lipinski definition) is 9. The number of esters is 1. The summed E-state index contributed by atoms with van der Waals surface area (Å²) < 4.78 is 17.5. The van der Waals surface area contributed by atoms with Gasteiger partial charge in [-0.3, -0.25) is 9.59 Å². The minimum absolute atomic E-state index is 0.0113. The summed E-state index contributed by atoms with van der Waals surface area (Å²) >= 11 is 1.05. The lowest BCUT2D eigenvalue weighted by atomic mass is 9.45. The average Bonchev–Trinajstić information content (AvgIpc) is 3.70. The van der Waals surface area contributed by atoms with Crippen molar-refractivity contribution in [1.82, 2.24) is 4.98 Å². The van der Waals surface area contributed by atoms with Crippen LogP contribution in [0.1, 0.15) is 75.2 Å². The molecule has 1 aromatic carbocycles. The van der Waals surface area contributed by atoms with Gasteiger partial charge in [-0.1, -0.05) is 43.3 Å². The molecule has 9 heteroatoms. The number of para-hydroxylation sites is 2. The van der Waals surface area contributed by atoms with Crippen molar-refractivity contribution in [1.29, 1.82) is 0 Å². The lowest BCUT2D eigenvalue weighted by Gasteiger charge is -2.60. The smallest absolute Gasteiger partial charge is 0.375 e. The third-order valence-electron chi connectivity index (χ3n) is 11.0. The molecule has 4 aliphatic carbocycles. The molecule has 0 bridgehead atoms. The van der Waals surface area contributed by atoms with Gasteiger partial charge in [0.1, 0.15) is 5.52 Å². The van der Waals surface area contributed by atoms with Crippen LogP contribution in [-0.2, 0) is 20.1 Å². The fourth-order valence-corrected chi connectivity index (χ4v) is 10.0. The molecule has 5 unspecified atom stereocenters. The Morgan fingerprint density at radius 3 is 2.74 bits per heavy atom. The summed E-state index contributed by atoms with van der Waals surface area (Å²) in [5, 5.41) is 11.6. The number of ether oxygens (including phenoxy) is 1. The molecule has 7 atom stereocenters. The van der Waals surface area contributed by atoms with Crippen LogP contribution in [0.5, 0.6) is 0 Å². The fourth-order valence-electron chi connectivity index (χ4n) is 9.05. The highest BCUT2D eigenvalue weighted by molar-refractivity contribution is 8.13. The van der Waals surface area contributed by atoms with Crippen LogP contribution in [0.3, 0.4) is 0 Å². The molecule has 3 fully saturated rings. The molecule has 0 radical (unpaired) electrons. The molecule has 42 heavy (non-hydrogen) atoms. The Morgan fingerprint density at radius 1 is 1.12 bits per heavy atom. The molecular weight excluding hydrogens is 554 g/mol. The molecule has 1 N–H and O–H groups in total. The number of furan rings is 1. The Morgan fingerprint density at radius 2 is 1.95 bits per heavy atom. The van der Waals surface area contributed by atoms with Crippen LogP contribution in [0.15, 0.2) is 63.1 Å². The summed E-state index contributed by atoms with van der Waals surface area (Å²) in [6.45, 7) is 4.23. The Kier molecular flexibility index (Phi) is 6.55. The minimum atomic E-state index is -1.45. The molecule has 3 saturated carbocycles. The highest BCUT2D eigenvalue weighted by Gasteiger charge is 2.70. The molecule has 0 spiro atoms. The number of allylic oxidation sites excluding steroid dienone is 1. The highest BCUT2D eigenvalue weighted by Crippen LogP contribution is 2.69. The largest absolute Gasteiger partial charge is 0.457 e. The van der Waals surface area contributed by atoms with Crippen LogP contribution in [0, 0.1) is 28.6 Å². The van der Waals surface area contributed by atoms with Crippen molar-refractivity contribution in [2.75, 3.05) is 0 Å². The summed E-state index contributed by atoms with van der Waals surface area (Å²) in [7, 11) is 0. The van der Waals surface area contributed by atoms with Crippen molar-refractivity contribution in [3.63, 3.8) is 0 Å². The SMILES string of the molecule is CC12CCC(=O)C=C1CCC1C2[C@@H](O)CC2(C)C1CC[C@]2(OC(=O)c1ccco1)C(=O)SCc1nc2ccccc2o1. The molecule has 0 amide bonds. The van der Waals surface area contributed by atoms with Crippen LogP contribution in [0.25, 0.3) is 11.1 Å². The number of aliphatic hydroxyl groups excluding tert-OH is 1. The zero-order chi connectivity index (χ0) is 29.3. The first-order valence-corrected chi connectivity index (χ1v) is 15.8. The van der Waals surface area contributed by atoms with Gasteiger partial charge in [0.25, 0.3) is 0 Å². The van der Waals surface area contributed by atoms with Crippen LogP contribution < -0.4 is 0 Å². The van der Waals surface area contributed by atoms with E-state index in [9.17, 15) is 19.5 Å². The third-order valence-corrected chi connectivity index (χ3v) is 12.0. The highest BCUT2D eigenvalue weighted by atomic mass is 32.2. The quantitative estimate of drug-likeness (QED) is 0.343. The van der Waals surface area contributed by atoms with E-state index in [2.05, 4.69) is 11.9 Å². The van der Waals surface area contributed by atoms with Gasteiger partial charge in [0, 0.05) is 11.8 Å². The van der Waals surface area contributed by atoms with Crippen LogP contribution in [0.4, 0.5) is 0 Å². The van der Waals surface area contributed by atoms with Crippen LogP contribution in [-0.4, -0.2) is 38.7 Å². The second kappa shape index (κ2) is 9.95.